The molecular formula is C11H21N3. The number of aryl methyl sites for hydroxylation is 2. The lowest BCUT2D eigenvalue weighted by Gasteiger charge is -2.24. The number of hydrogen-bond donors (Lipinski definition) is 1. The van der Waals surface area contributed by atoms with Crippen molar-refractivity contribution in [3.63, 3.8) is 0 Å². The zero-order chi connectivity index (χ0) is 10.9. The van der Waals surface area contributed by atoms with E-state index in [4.69, 9.17) is 0 Å². The molecule has 0 amide bonds. The Morgan fingerprint density at radius 2 is 2.00 bits per heavy atom. The van der Waals surface area contributed by atoms with Crippen molar-refractivity contribution in [1.82, 2.24) is 15.1 Å². The highest BCUT2D eigenvalue weighted by Crippen LogP contribution is 2.15. The lowest BCUT2D eigenvalue weighted by atomic mass is 10.1. The molecule has 14 heavy (non-hydrogen) atoms. The minimum atomic E-state index is 0.130. The lowest BCUT2D eigenvalue weighted by Crippen LogP contribution is -2.37. The van der Waals surface area contributed by atoms with Gasteiger partial charge in [-0.05, 0) is 40.7 Å². The number of nitrogens with one attached hydrogen (secondary N) is 1. The van der Waals surface area contributed by atoms with Gasteiger partial charge in [-0.3, -0.25) is 4.68 Å². The maximum atomic E-state index is 4.45. The van der Waals surface area contributed by atoms with E-state index in [1.165, 1.54) is 5.69 Å². The highest BCUT2D eigenvalue weighted by Gasteiger charge is 2.17. The molecule has 1 aromatic heterocycles. The molecule has 1 aromatic rings. The molecule has 0 aliphatic heterocycles. The minimum Gasteiger partial charge on any atom is -0.304 e. The maximum Gasteiger partial charge on any atom is 0.0793 e. The van der Waals surface area contributed by atoms with Gasteiger partial charge in [0.1, 0.15) is 0 Å². The molecule has 1 heterocycles. The van der Waals surface area contributed by atoms with E-state index in [1.54, 1.807) is 0 Å². The second-order valence-electron chi connectivity index (χ2n) is 4.95. The van der Waals surface area contributed by atoms with Crippen molar-refractivity contribution in [1.29, 1.82) is 0 Å². The Bertz CT molecular complexity index is 287. The summed E-state index contributed by atoms with van der Waals surface area (Å²) in [5.41, 5.74) is 2.44. The van der Waals surface area contributed by atoms with E-state index < -0.39 is 0 Å². The van der Waals surface area contributed by atoms with Gasteiger partial charge >= 0.3 is 0 Å². The number of hydrogen-bond acceptors (Lipinski definition) is 2. The van der Waals surface area contributed by atoms with Gasteiger partial charge in [-0.25, -0.2) is 0 Å². The van der Waals surface area contributed by atoms with Crippen molar-refractivity contribution in [3.05, 3.63) is 17.5 Å². The second-order valence-corrected chi connectivity index (χ2v) is 4.95. The fourth-order valence-electron chi connectivity index (χ4n) is 1.52. The van der Waals surface area contributed by atoms with Crippen molar-refractivity contribution >= 4 is 0 Å². The third kappa shape index (κ3) is 2.84. The molecule has 0 aliphatic rings. The summed E-state index contributed by atoms with van der Waals surface area (Å²) in [4.78, 5) is 0. The van der Waals surface area contributed by atoms with E-state index in [2.05, 4.69) is 51.1 Å². The highest BCUT2D eigenvalue weighted by molar-refractivity contribution is 5.12. The van der Waals surface area contributed by atoms with Gasteiger partial charge in [0, 0.05) is 24.3 Å². The van der Waals surface area contributed by atoms with Crippen molar-refractivity contribution in [2.24, 2.45) is 7.05 Å². The fraction of sp³-hybridized carbons (Fsp3) is 0.727. The summed E-state index contributed by atoms with van der Waals surface area (Å²) in [5.74, 6) is 0. The number of nitrogens with zero attached hydrogens (tertiary/aromatic N) is 2. The van der Waals surface area contributed by atoms with E-state index in [0.717, 1.165) is 5.69 Å². The quantitative estimate of drug-likeness (QED) is 0.784. The molecule has 3 heteroatoms. The molecule has 3 nitrogen and oxygen atoms in total. The average molecular weight is 195 g/mol. The normalized spacial score (nSPS) is 14.4. The summed E-state index contributed by atoms with van der Waals surface area (Å²) in [6, 6.07) is 2.43. The third-order valence-corrected chi connectivity index (χ3v) is 2.23. The molecule has 0 spiro atoms. The lowest BCUT2D eigenvalue weighted by molar-refractivity contribution is 0.372. The van der Waals surface area contributed by atoms with Crippen molar-refractivity contribution in [2.45, 2.75) is 46.2 Å². The molecule has 0 aliphatic carbocycles. The predicted octanol–water partition coefficient (Wildman–Crippen LogP) is 2.18. The van der Waals surface area contributed by atoms with Crippen LogP contribution in [0.1, 0.15) is 45.1 Å². The molecule has 1 atom stereocenters. The van der Waals surface area contributed by atoms with Gasteiger partial charge < -0.3 is 5.32 Å². The Labute approximate surface area is 86.5 Å². The summed E-state index contributed by atoms with van der Waals surface area (Å²) < 4.78 is 1.91. The van der Waals surface area contributed by atoms with Crippen LogP contribution in [0.4, 0.5) is 0 Å². The zero-order valence-electron chi connectivity index (χ0n) is 10.0. The highest BCUT2D eigenvalue weighted by atomic mass is 15.3. The maximum absolute atomic E-state index is 4.45. The minimum absolute atomic E-state index is 0.130. The van der Waals surface area contributed by atoms with Crippen LogP contribution in [-0.2, 0) is 7.05 Å². The first-order valence-corrected chi connectivity index (χ1v) is 5.08. The Hall–Kier alpha value is -0.830. The summed E-state index contributed by atoms with van der Waals surface area (Å²) in [6.45, 7) is 10.7. The van der Waals surface area contributed by atoms with E-state index >= 15 is 0 Å². The van der Waals surface area contributed by atoms with E-state index in [1.807, 2.05) is 11.7 Å². The van der Waals surface area contributed by atoms with Crippen molar-refractivity contribution in [3.8, 4) is 0 Å². The van der Waals surface area contributed by atoms with E-state index in [0.29, 0.717) is 6.04 Å². The Morgan fingerprint density at radius 1 is 1.43 bits per heavy atom. The van der Waals surface area contributed by atoms with Crippen LogP contribution in [0.2, 0.25) is 0 Å². The van der Waals surface area contributed by atoms with Gasteiger partial charge in [0.05, 0.1) is 5.69 Å². The molecule has 80 valence electrons. The van der Waals surface area contributed by atoms with Crippen LogP contribution in [0, 0.1) is 6.92 Å². The van der Waals surface area contributed by atoms with Crippen molar-refractivity contribution < 1.29 is 0 Å². The van der Waals surface area contributed by atoms with Crippen molar-refractivity contribution in [2.75, 3.05) is 0 Å². The Balaban J connectivity index is 2.75. The first-order valence-electron chi connectivity index (χ1n) is 5.08. The van der Waals surface area contributed by atoms with Crippen LogP contribution in [0.25, 0.3) is 0 Å². The molecule has 1 unspecified atom stereocenters. The molecule has 0 aromatic carbocycles. The van der Waals surface area contributed by atoms with Crippen LogP contribution in [0.15, 0.2) is 6.07 Å². The third-order valence-electron chi connectivity index (χ3n) is 2.23. The number of rotatable bonds is 2. The van der Waals surface area contributed by atoms with Gasteiger partial charge in [0.25, 0.3) is 0 Å². The van der Waals surface area contributed by atoms with Gasteiger partial charge in [0.2, 0.25) is 0 Å². The summed E-state index contributed by atoms with van der Waals surface area (Å²) in [6.07, 6.45) is 0. The smallest absolute Gasteiger partial charge is 0.0793 e. The Morgan fingerprint density at radius 3 is 2.36 bits per heavy atom. The van der Waals surface area contributed by atoms with Gasteiger partial charge in [-0.1, -0.05) is 0 Å². The summed E-state index contributed by atoms with van der Waals surface area (Å²) >= 11 is 0. The molecule has 0 saturated carbocycles. The average Bonchev–Trinajstić information content (AvgIpc) is 2.28. The SMILES string of the molecule is Cc1cc(C(C)NC(C)(C)C)nn1C. The van der Waals surface area contributed by atoms with Crippen LogP contribution in [0.3, 0.4) is 0 Å². The topological polar surface area (TPSA) is 29.9 Å². The van der Waals surface area contributed by atoms with Crippen LogP contribution in [-0.4, -0.2) is 15.3 Å². The van der Waals surface area contributed by atoms with Crippen LogP contribution < -0.4 is 5.32 Å². The standard InChI is InChI=1S/C11H21N3/c1-8-7-10(13-14(8)6)9(2)12-11(3,4)5/h7,9,12H,1-6H3. The fourth-order valence-corrected chi connectivity index (χ4v) is 1.52. The zero-order valence-corrected chi connectivity index (χ0v) is 10.0. The first kappa shape index (κ1) is 11.2. The second kappa shape index (κ2) is 3.73. The monoisotopic (exact) mass is 195 g/mol. The molecule has 1 N–H and O–H groups in total. The molecule has 0 saturated heterocycles. The molecule has 1 rings (SSSR count). The molecule has 0 radical (unpaired) electrons. The molecule has 0 bridgehead atoms. The summed E-state index contributed by atoms with van der Waals surface area (Å²) in [7, 11) is 1.97. The summed E-state index contributed by atoms with van der Waals surface area (Å²) in [5, 5.41) is 7.95. The van der Waals surface area contributed by atoms with Crippen LogP contribution >= 0.6 is 0 Å². The molecular weight excluding hydrogens is 174 g/mol. The van der Waals surface area contributed by atoms with Gasteiger partial charge in [0.15, 0.2) is 0 Å². The number of aromatic nitrogens is 2. The van der Waals surface area contributed by atoms with E-state index in [-0.39, 0.29) is 5.54 Å². The van der Waals surface area contributed by atoms with Crippen LogP contribution in [0.5, 0.6) is 0 Å². The first-order chi connectivity index (χ1) is 6.29. The van der Waals surface area contributed by atoms with Gasteiger partial charge in [-0.2, -0.15) is 5.10 Å². The molecule has 0 fully saturated rings. The van der Waals surface area contributed by atoms with Gasteiger partial charge in [-0.15, -0.1) is 0 Å². The Kier molecular flexibility index (Phi) is 3.00. The predicted molar refractivity (Wildman–Crippen MR) is 59.2 cm³/mol. The van der Waals surface area contributed by atoms with E-state index in [9.17, 15) is 0 Å². The largest absolute Gasteiger partial charge is 0.304 e.